The van der Waals surface area contributed by atoms with Gasteiger partial charge in [0, 0.05) is 32.3 Å². The Labute approximate surface area is 214 Å². The number of hydrogen-bond acceptors (Lipinski definition) is 7. The minimum atomic E-state index is -0.130. The first-order chi connectivity index (χ1) is 17.0. The lowest BCUT2D eigenvalue weighted by Crippen LogP contribution is -2.39. The van der Waals surface area contributed by atoms with E-state index < -0.39 is 0 Å². The van der Waals surface area contributed by atoms with Gasteiger partial charge in [0.2, 0.25) is 0 Å². The average molecular weight is 516 g/mol. The van der Waals surface area contributed by atoms with Crippen molar-refractivity contribution in [2.45, 2.75) is 13.3 Å². The molecule has 186 valence electrons. The van der Waals surface area contributed by atoms with E-state index in [-0.39, 0.29) is 5.91 Å². The maximum Gasteiger partial charge on any atom is 0.252 e. The Hall–Kier alpha value is -2.65. The first-order valence-electron chi connectivity index (χ1n) is 11.6. The number of benzene rings is 2. The SMILES string of the molecule is COc1ccc(/C=C/C(=O)N(CCCN2CCOCC2)c2nc3c(C)ccc(Cl)c3s2)cc1OC. The monoisotopic (exact) mass is 515 g/mol. The van der Waals surface area contributed by atoms with Crippen molar-refractivity contribution in [1.29, 1.82) is 0 Å². The quantitative estimate of drug-likeness (QED) is 0.372. The number of carbonyl (C=O) groups is 1. The summed E-state index contributed by atoms with van der Waals surface area (Å²) in [6, 6.07) is 9.38. The molecule has 0 saturated carbocycles. The van der Waals surface area contributed by atoms with Crippen LogP contribution in [0.25, 0.3) is 16.3 Å². The van der Waals surface area contributed by atoms with E-state index in [0.29, 0.717) is 28.2 Å². The number of ether oxygens (including phenoxy) is 3. The van der Waals surface area contributed by atoms with Crippen molar-refractivity contribution >= 4 is 50.3 Å². The van der Waals surface area contributed by atoms with Crippen LogP contribution in [0.15, 0.2) is 36.4 Å². The fourth-order valence-electron chi connectivity index (χ4n) is 4.00. The molecule has 1 aromatic heterocycles. The molecule has 1 fully saturated rings. The molecule has 1 saturated heterocycles. The number of rotatable bonds is 9. The second-order valence-corrected chi connectivity index (χ2v) is 9.67. The van der Waals surface area contributed by atoms with Gasteiger partial charge >= 0.3 is 0 Å². The van der Waals surface area contributed by atoms with Gasteiger partial charge in [-0.1, -0.05) is 35.1 Å². The first-order valence-corrected chi connectivity index (χ1v) is 12.8. The van der Waals surface area contributed by atoms with Gasteiger partial charge in [-0.05, 0) is 48.7 Å². The summed E-state index contributed by atoms with van der Waals surface area (Å²) < 4.78 is 17.0. The fraction of sp³-hybridized carbons (Fsp3) is 0.385. The summed E-state index contributed by atoms with van der Waals surface area (Å²) in [5.74, 6) is 1.12. The van der Waals surface area contributed by atoms with Gasteiger partial charge in [0.05, 0.1) is 42.7 Å². The number of nitrogens with zero attached hydrogens (tertiary/aromatic N) is 3. The third-order valence-corrected chi connectivity index (χ3v) is 7.51. The summed E-state index contributed by atoms with van der Waals surface area (Å²) in [7, 11) is 3.19. The number of anilines is 1. The van der Waals surface area contributed by atoms with E-state index in [1.165, 1.54) is 11.3 Å². The molecule has 0 aliphatic carbocycles. The summed E-state index contributed by atoms with van der Waals surface area (Å²) in [6.45, 7) is 6.81. The minimum Gasteiger partial charge on any atom is -0.493 e. The van der Waals surface area contributed by atoms with Crippen LogP contribution < -0.4 is 14.4 Å². The Bertz CT molecular complexity index is 1170. The third kappa shape index (κ3) is 6.13. The lowest BCUT2D eigenvalue weighted by molar-refractivity contribution is -0.114. The van der Waals surface area contributed by atoms with Gasteiger partial charge in [0.15, 0.2) is 16.6 Å². The van der Waals surface area contributed by atoms with Gasteiger partial charge in [-0.2, -0.15) is 0 Å². The molecule has 2 heterocycles. The average Bonchev–Trinajstić information content (AvgIpc) is 3.34. The highest BCUT2D eigenvalue weighted by Crippen LogP contribution is 2.36. The highest BCUT2D eigenvalue weighted by molar-refractivity contribution is 7.23. The molecule has 1 aliphatic heterocycles. The van der Waals surface area contributed by atoms with Crippen LogP contribution in [0.2, 0.25) is 5.02 Å². The van der Waals surface area contributed by atoms with Gasteiger partial charge in [0.25, 0.3) is 5.91 Å². The van der Waals surface area contributed by atoms with Crippen molar-refractivity contribution in [1.82, 2.24) is 9.88 Å². The van der Waals surface area contributed by atoms with Crippen molar-refractivity contribution in [3.05, 3.63) is 52.6 Å². The van der Waals surface area contributed by atoms with Gasteiger partial charge < -0.3 is 14.2 Å². The molecule has 0 unspecified atom stereocenters. The third-order valence-electron chi connectivity index (χ3n) is 5.97. The predicted molar refractivity (Wildman–Crippen MR) is 142 cm³/mol. The lowest BCUT2D eigenvalue weighted by Gasteiger charge is -2.27. The van der Waals surface area contributed by atoms with E-state index >= 15 is 0 Å². The maximum atomic E-state index is 13.4. The van der Waals surface area contributed by atoms with Gasteiger partial charge in [-0.15, -0.1) is 0 Å². The Kier molecular flexibility index (Phi) is 8.62. The number of fused-ring (bicyclic) bond motifs is 1. The molecule has 0 N–H and O–H groups in total. The number of hydrogen-bond donors (Lipinski definition) is 0. The van der Waals surface area contributed by atoms with Crippen LogP contribution in [0.3, 0.4) is 0 Å². The van der Waals surface area contributed by atoms with E-state index in [1.807, 2.05) is 37.3 Å². The number of amides is 1. The number of morpholine rings is 1. The maximum absolute atomic E-state index is 13.4. The molecule has 4 rings (SSSR count). The highest BCUT2D eigenvalue weighted by Gasteiger charge is 2.20. The van der Waals surface area contributed by atoms with Gasteiger partial charge in [-0.3, -0.25) is 14.6 Å². The van der Waals surface area contributed by atoms with Crippen LogP contribution in [-0.4, -0.2) is 69.4 Å². The summed E-state index contributed by atoms with van der Waals surface area (Å²) in [5.41, 5.74) is 2.72. The summed E-state index contributed by atoms with van der Waals surface area (Å²) in [5, 5.41) is 1.30. The van der Waals surface area contributed by atoms with Crippen LogP contribution >= 0.6 is 22.9 Å². The van der Waals surface area contributed by atoms with Crippen molar-refractivity contribution < 1.29 is 19.0 Å². The number of carbonyl (C=O) groups excluding carboxylic acids is 1. The van der Waals surface area contributed by atoms with Crippen LogP contribution in [0, 0.1) is 6.92 Å². The standard InChI is InChI=1S/C26H30ClN3O4S/c1-18-5-8-20(27)25-24(18)28-26(35-25)30(12-4-11-29-13-15-34-16-14-29)23(31)10-7-19-6-9-21(32-2)22(17-19)33-3/h5-10,17H,4,11-16H2,1-3H3/b10-7+. The van der Waals surface area contributed by atoms with Crippen LogP contribution in [0.4, 0.5) is 5.13 Å². The van der Waals surface area contributed by atoms with E-state index in [1.54, 1.807) is 31.3 Å². The number of methoxy groups -OCH3 is 2. The van der Waals surface area contributed by atoms with Crippen molar-refractivity contribution in [3.8, 4) is 11.5 Å². The minimum absolute atomic E-state index is 0.130. The molecule has 0 atom stereocenters. The second-order valence-electron chi connectivity index (χ2n) is 8.28. The largest absolute Gasteiger partial charge is 0.493 e. The topological polar surface area (TPSA) is 64.1 Å². The molecule has 35 heavy (non-hydrogen) atoms. The highest BCUT2D eigenvalue weighted by atomic mass is 35.5. The van der Waals surface area contributed by atoms with Crippen LogP contribution in [0.1, 0.15) is 17.5 Å². The lowest BCUT2D eigenvalue weighted by atomic mass is 10.2. The van der Waals surface area contributed by atoms with Gasteiger partial charge in [0.1, 0.15) is 0 Å². The molecule has 7 nitrogen and oxygen atoms in total. The number of halogens is 1. The Morgan fingerprint density at radius 1 is 1.20 bits per heavy atom. The molecule has 1 aliphatic rings. The molecule has 0 spiro atoms. The molecule has 1 amide bonds. The Morgan fingerprint density at radius 3 is 2.69 bits per heavy atom. The second kappa shape index (κ2) is 11.9. The summed E-state index contributed by atoms with van der Waals surface area (Å²) in [6.07, 6.45) is 4.19. The van der Waals surface area contributed by atoms with Gasteiger partial charge in [-0.25, -0.2) is 4.98 Å². The van der Waals surface area contributed by atoms with E-state index in [0.717, 1.165) is 60.6 Å². The normalized spacial score (nSPS) is 14.5. The van der Waals surface area contributed by atoms with Crippen molar-refractivity contribution in [3.63, 3.8) is 0 Å². The molecular weight excluding hydrogens is 486 g/mol. The van der Waals surface area contributed by atoms with Crippen molar-refractivity contribution in [2.75, 3.05) is 58.5 Å². The zero-order chi connectivity index (χ0) is 24.8. The van der Waals surface area contributed by atoms with Crippen molar-refractivity contribution in [2.24, 2.45) is 0 Å². The molecule has 3 aromatic rings. The molecule has 0 radical (unpaired) electrons. The molecular formula is C26H30ClN3O4S. The predicted octanol–water partition coefficient (Wildman–Crippen LogP) is 5.04. The van der Waals surface area contributed by atoms with E-state index in [2.05, 4.69) is 4.90 Å². The summed E-state index contributed by atoms with van der Waals surface area (Å²) in [4.78, 5) is 22.3. The first kappa shape index (κ1) is 25.4. The fourth-order valence-corrected chi connectivity index (χ4v) is 5.35. The van der Waals surface area contributed by atoms with Crippen LogP contribution in [-0.2, 0) is 9.53 Å². The van der Waals surface area contributed by atoms with Crippen LogP contribution in [0.5, 0.6) is 11.5 Å². The summed E-state index contributed by atoms with van der Waals surface area (Å²) >= 11 is 7.89. The molecule has 9 heteroatoms. The number of thiazole rings is 1. The smallest absolute Gasteiger partial charge is 0.252 e. The van der Waals surface area contributed by atoms with E-state index in [9.17, 15) is 4.79 Å². The molecule has 2 aromatic carbocycles. The Balaban J connectivity index is 1.57. The zero-order valence-electron chi connectivity index (χ0n) is 20.3. The Morgan fingerprint density at radius 2 is 1.97 bits per heavy atom. The van der Waals surface area contributed by atoms with E-state index in [4.69, 9.17) is 30.8 Å². The zero-order valence-corrected chi connectivity index (χ0v) is 21.8. The number of aryl methyl sites for hydroxylation is 1. The molecule has 0 bridgehead atoms. The number of aromatic nitrogens is 1.